The van der Waals surface area contributed by atoms with E-state index in [1.54, 1.807) is 19.1 Å². The zero-order chi connectivity index (χ0) is 15.1. The van der Waals surface area contributed by atoms with E-state index in [1.165, 1.54) is 6.07 Å². The third kappa shape index (κ3) is 3.79. The van der Waals surface area contributed by atoms with Crippen LogP contribution >= 0.6 is 0 Å². The van der Waals surface area contributed by atoms with E-state index in [0.29, 0.717) is 17.5 Å². The molecule has 1 aromatic rings. The summed E-state index contributed by atoms with van der Waals surface area (Å²) >= 11 is 0. The number of nitro benzene ring substituents is 1. The minimum absolute atomic E-state index is 0.0298. The Morgan fingerprint density at radius 2 is 2.25 bits per heavy atom. The maximum atomic E-state index is 11.8. The molecule has 1 atom stereocenters. The summed E-state index contributed by atoms with van der Waals surface area (Å²) in [4.78, 5) is 22.2. The molecule has 0 radical (unpaired) electrons. The highest BCUT2D eigenvalue weighted by Crippen LogP contribution is 2.21. The van der Waals surface area contributed by atoms with E-state index < -0.39 is 10.8 Å². The van der Waals surface area contributed by atoms with Crippen molar-refractivity contribution in [1.29, 1.82) is 5.26 Å². The summed E-state index contributed by atoms with van der Waals surface area (Å²) < 4.78 is 0. The van der Waals surface area contributed by atoms with Gasteiger partial charge < -0.3 is 5.32 Å². The molecule has 6 nitrogen and oxygen atoms in total. The van der Waals surface area contributed by atoms with Crippen molar-refractivity contribution in [3.8, 4) is 6.07 Å². The molecule has 0 heterocycles. The molecule has 0 spiro atoms. The van der Waals surface area contributed by atoms with Gasteiger partial charge in [-0.05, 0) is 18.9 Å². The van der Waals surface area contributed by atoms with Crippen LogP contribution in [0.5, 0.6) is 0 Å². The Labute approximate surface area is 117 Å². The van der Waals surface area contributed by atoms with Gasteiger partial charge in [0.05, 0.1) is 11.0 Å². The minimum atomic E-state index is -0.668. The predicted octanol–water partition coefficient (Wildman–Crippen LogP) is 2.46. The van der Waals surface area contributed by atoms with E-state index in [0.717, 1.165) is 6.42 Å². The fourth-order valence-electron chi connectivity index (χ4n) is 1.91. The molecule has 0 aliphatic heterocycles. The molecule has 0 fully saturated rings. The first-order chi connectivity index (χ1) is 9.51. The van der Waals surface area contributed by atoms with E-state index >= 15 is 0 Å². The molecule has 1 amide bonds. The van der Waals surface area contributed by atoms with E-state index in [-0.39, 0.29) is 18.1 Å². The Kier molecular flexibility index (Phi) is 5.66. The van der Waals surface area contributed by atoms with Crippen LogP contribution in [0.1, 0.15) is 30.9 Å². The van der Waals surface area contributed by atoms with Crippen molar-refractivity contribution in [2.75, 3.05) is 0 Å². The summed E-state index contributed by atoms with van der Waals surface area (Å²) in [6.07, 6.45) is 1.26. The van der Waals surface area contributed by atoms with Gasteiger partial charge >= 0.3 is 0 Å². The summed E-state index contributed by atoms with van der Waals surface area (Å²) in [6, 6.07) is 6.70. The standard InChI is InChI=1S/C14H17N3O3/c1-3-5-11(8-15)14(18)16-9-12-6-4-7-13(10(12)2)17(19)20/h4,6-7,11H,3,5,9H2,1-2H3,(H,16,18). The molecule has 0 bridgehead atoms. The number of nitriles is 1. The SMILES string of the molecule is CCCC(C#N)C(=O)NCc1cccc([N+](=O)[O-])c1C. The number of hydrogen-bond donors (Lipinski definition) is 1. The maximum absolute atomic E-state index is 11.8. The second-order valence-electron chi connectivity index (χ2n) is 4.51. The third-order valence-electron chi connectivity index (χ3n) is 3.12. The van der Waals surface area contributed by atoms with Crippen molar-refractivity contribution in [2.24, 2.45) is 5.92 Å². The van der Waals surface area contributed by atoms with Crippen LogP contribution in [0.15, 0.2) is 18.2 Å². The van der Waals surface area contributed by atoms with Gasteiger partial charge in [-0.15, -0.1) is 0 Å². The Morgan fingerprint density at radius 1 is 1.55 bits per heavy atom. The molecule has 0 aromatic heterocycles. The van der Waals surface area contributed by atoms with E-state index in [2.05, 4.69) is 5.32 Å². The van der Waals surface area contributed by atoms with Crippen molar-refractivity contribution in [3.63, 3.8) is 0 Å². The number of benzene rings is 1. The Bertz CT molecular complexity index is 549. The normalized spacial score (nSPS) is 11.4. The van der Waals surface area contributed by atoms with Gasteiger partial charge in [0.25, 0.3) is 5.69 Å². The lowest BCUT2D eigenvalue weighted by atomic mass is 10.0. The molecule has 0 aliphatic carbocycles. The molecule has 1 aromatic carbocycles. The Morgan fingerprint density at radius 3 is 2.80 bits per heavy atom. The predicted molar refractivity (Wildman–Crippen MR) is 73.7 cm³/mol. The van der Waals surface area contributed by atoms with E-state index in [4.69, 9.17) is 5.26 Å². The van der Waals surface area contributed by atoms with Gasteiger partial charge in [0, 0.05) is 18.2 Å². The fraction of sp³-hybridized carbons (Fsp3) is 0.429. The zero-order valence-electron chi connectivity index (χ0n) is 11.5. The average molecular weight is 275 g/mol. The van der Waals surface area contributed by atoms with Crippen molar-refractivity contribution in [2.45, 2.75) is 33.2 Å². The first-order valence-corrected chi connectivity index (χ1v) is 6.41. The fourth-order valence-corrected chi connectivity index (χ4v) is 1.91. The molecule has 1 unspecified atom stereocenters. The molecule has 0 saturated carbocycles. The summed E-state index contributed by atoms with van der Waals surface area (Å²) in [5.41, 5.74) is 1.24. The van der Waals surface area contributed by atoms with E-state index in [1.807, 2.05) is 13.0 Å². The first-order valence-electron chi connectivity index (χ1n) is 6.41. The van der Waals surface area contributed by atoms with E-state index in [9.17, 15) is 14.9 Å². The Balaban J connectivity index is 2.76. The van der Waals surface area contributed by atoms with Crippen LogP contribution in [0, 0.1) is 34.3 Å². The van der Waals surface area contributed by atoms with Crippen LogP contribution in [-0.4, -0.2) is 10.8 Å². The van der Waals surface area contributed by atoms with Gasteiger partial charge in [0.2, 0.25) is 5.91 Å². The summed E-state index contributed by atoms with van der Waals surface area (Å²) in [7, 11) is 0. The van der Waals surface area contributed by atoms with Crippen LogP contribution in [0.25, 0.3) is 0 Å². The molecule has 20 heavy (non-hydrogen) atoms. The van der Waals surface area contributed by atoms with Crippen molar-refractivity contribution in [3.05, 3.63) is 39.4 Å². The lowest BCUT2D eigenvalue weighted by molar-refractivity contribution is -0.385. The molecule has 0 aliphatic rings. The minimum Gasteiger partial charge on any atom is -0.351 e. The molecule has 1 N–H and O–H groups in total. The van der Waals surface area contributed by atoms with Crippen molar-refractivity contribution < 1.29 is 9.72 Å². The number of nitrogens with zero attached hydrogens (tertiary/aromatic N) is 2. The number of carbonyl (C=O) groups is 1. The molecular formula is C14H17N3O3. The number of hydrogen-bond acceptors (Lipinski definition) is 4. The molecule has 6 heteroatoms. The van der Waals surface area contributed by atoms with Gasteiger partial charge in [0.1, 0.15) is 5.92 Å². The lowest BCUT2D eigenvalue weighted by Crippen LogP contribution is -2.29. The van der Waals surface area contributed by atoms with Gasteiger partial charge in [-0.3, -0.25) is 14.9 Å². The topological polar surface area (TPSA) is 96.0 Å². The largest absolute Gasteiger partial charge is 0.351 e. The molecular weight excluding hydrogens is 258 g/mol. The number of rotatable bonds is 6. The smallest absolute Gasteiger partial charge is 0.272 e. The van der Waals surface area contributed by atoms with Crippen LogP contribution in [0.3, 0.4) is 0 Å². The average Bonchev–Trinajstić information content (AvgIpc) is 2.42. The number of nitrogens with one attached hydrogen (secondary N) is 1. The van der Waals surface area contributed by atoms with Crippen molar-refractivity contribution >= 4 is 11.6 Å². The molecule has 1 rings (SSSR count). The number of carbonyl (C=O) groups excluding carboxylic acids is 1. The van der Waals surface area contributed by atoms with Gasteiger partial charge in [-0.1, -0.05) is 25.5 Å². The Hall–Kier alpha value is -2.42. The van der Waals surface area contributed by atoms with Gasteiger partial charge in [0.15, 0.2) is 0 Å². The second kappa shape index (κ2) is 7.24. The second-order valence-corrected chi connectivity index (χ2v) is 4.51. The van der Waals surface area contributed by atoms with Gasteiger partial charge in [-0.2, -0.15) is 5.26 Å². The first kappa shape index (κ1) is 15.6. The monoisotopic (exact) mass is 275 g/mol. The number of nitro groups is 1. The maximum Gasteiger partial charge on any atom is 0.272 e. The van der Waals surface area contributed by atoms with Crippen molar-refractivity contribution in [1.82, 2.24) is 5.32 Å². The highest BCUT2D eigenvalue weighted by molar-refractivity contribution is 5.81. The third-order valence-corrected chi connectivity index (χ3v) is 3.12. The van der Waals surface area contributed by atoms with Gasteiger partial charge in [-0.25, -0.2) is 0 Å². The quantitative estimate of drug-likeness (QED) is 0.637. The van der Waals surface area contributed by atoms with Crippen LogP contribution < -0.4 is 5.32 Å². The van der Waals surface area contributed by atoms with Crippen LogP contribution in [0.4, 0.5) is 5.69 Å². The molecule has 0 saturated heterocycles. The highest BCUT2D eigenvalue weighted by Gasteiger charge is 2.18. The zero-order valence-corrected chi connectivity index (χ0v) is 11.5. The summed E-state index contributed by atoms with van der Waals surface area (Å²) in [5.74, 6) is -1.00. The summed E-state index contributed by atoms with van der Waals surface area (Å²) in [6.45, 7) is 3.74. The molecule has 106 valence electrons. The van der Waals surface area contributed by atoms with Crippen LogP contribution in [0.2, 0.25) is 0 Å². The lowest BCUT2D eigenvalue weighted by Gasteiger charge is -2.11. The number of amides is 1. The van der Waals surface area contributed by atoms with Crippen LogP contribution in [-0.2, 0) is 11.3 Å². The summed E-state index contributed by atoms with van der Waals surface area (Å²) in [5, 5.41) is 22.4. The highest BCUT2D eigenvalue weighted by atomic mass is 16.6.